The Balaban J connectivity index is 1.59. The Hall–Kier alpha value is -2.14. The van der Waals surface area contributed by atoms with Crippen molar-refractivity contribution in [1.29, 1.82) is 0 Å². The van der Waals surface area contributed by atoms with E-state index in [4.69, 9.17) is 0 Å². The van der Waals surface area contributed by atoms with E-state index < -0.39 is 0 Å². The zero-order valence-corrected chi connectivity index (χ0v) is 19.1. The SMILES string of the molecule is Cc1ccc([C@H]2c3ccsc3CCN2C(=O)CN(C(=O)C2CCCC2)C(C)C)cc1. The van der Waals surface area contributed by atoms with Crippen LogP contribution in [-0.4, -0.2) is 40.7 Å². The van der Waals surface area contributed by atoms with Gasteiger partial charge in [0, 0.05) is 23.4 Å². The lowest BCUT2D eigenvalue weighted by Crippen LogP contribution is -2.49. The molecule has 2 amide bonds. The van der Waals surface area contributed by atoms with Crippen LogP contribution >= 0.6 is 11.3 Å². The lowest BCUT2D eigenvalue weighted by atomic mass is 9.92. The highest BCUT2D eigenvalue weighted by Crippen LogP contribution is 2.38. The molecule has 1 aromatic heterocycles. The number of hydrogen-bond acceptors (Lipinski definition) is 3. The normalized spacial score (nSPS) is 19.2. The Labute approximate surface area is 183 Å². The van der Waals surface area contributed by atoms with E-state index >= 15 is 0 Å². The molecule has 1 aliphatic carbocycles. The van der Waals surface area contributed by atoms with Gasteiger partial charge < -0.3 is 9.80 Å². The first kappa shape index (κ1) is 21.1. The Bertz CT molecular complexity index is 896. The molecule has 2 aliphatic rings. The summed E-state index contributed by atoms with van der Waals surface area (Å²) in [5, 5.41) is 2.13. The van der Waals surface area contributed by atoms with E-state index in [1.807, 2.05) is 23.6 Å². The number of thiophene rings is 1. The fraction of sp³-hybridized carbons (Fsp3) is 0.520. The van der Waals surface area contributed by atoms with Crippen molar-refractivity contribution in [3.8, 4) is 0 Å². The maximum absolute atomic E-state index is 13.6. The number of fused-ring (bicyclic) bond motifs is 1. The van der Waals surface area contributed by atoms with Gasteiger partial charge in [0.2, 0.25) is 11.8 Å². The van der Waals surface area contributed by atoms with E-state index in [0.29, 0.717) is 6.54 Å². The molecule has 0 radical (unpaired) electrons. The number of nitrogens with zero attached hydrogens (tertiary/aromatic N) is 2. The van der Waals surface area contributed by atoms with Gasteiger partial charge in [-0.3, -0.25) is 9.59 Å². The Kier molecular flexibility index (Phi) is 6.28. The lowest BCUT2D eigenvalue weighted by molar-refractivity contribution is -0.145. The third-order valence-electron chi connectivity index (χ3n) is 6.60. The summed E-state index contributed by atoms with van der Waals surface area (Å²) in [6, 6.07) is 10.6. The number of amides is 2. The highest BCUT2D eigenvalue weighted by Gasteiger charge is 2.36. The Morgan fingerprint density at radius 1 is 1.13 bits per heavy atom. The molecular weight excluding hydrogens is 392 g/mol. The topological polar surface area (TPSA) is 40.6 Å². The van der Waals surface area contributed by atoms with Crippen molar-refractivity contribution in [2.75, 3.05) is 13.1 Å². The minimum Gasteiger partial charge on any atom is -0.331 e. The van der Waals surface area contributed by atoms with Gasteiger partial charge in [0.1, 0.15) is 6.54 Å². The van der Waals surface area contributed by atoms with E-state index in [1.54, 1.807) is 11.3 Å². The van der Waals surface area contributed by atoms with Gasteiger partial charge in [-0.05, 0) is 62.6 Å². The second kappa shape index (κ2) is 8.93. The monoisotopic (exact) mass is 424 g/mol. The van der Waals surface area contributed by atoms with Crippen LogP contribution in [0.4, 0.5) is 0 Å². The van der Waals surface area contributed by atoms with Gasteiger partial charge in [-0.25, -0.2) is 0 Å². The number of hydrogen-bond donors (Lipinski definition) is 0. The van der Waals surface area contributed by atoms with Crippen LogP contribution in [0.25, 0.3) is 0 Å². The predicted molar refractivity (Wildman–Crippen MR) is 122 cm³/mol. The fourth-order valence-corrected chi connectivity index (χ4v) is 5.76. The average molecular weight is 425 g/mol. The summed E-state index contributed by atoms with van der Waals surface area (Å²) in [5.74, 6) is 0.311. The molecule has 1 aliphatic heterocycles. The summed E-state index contributed by atoms with van der Waals surface area (Å²) in [6.45, 7) is 7.00. The minimum atomic E-state index is -0.0660. The molecule has 1 fully saturated rings. The summed E-state index contributed by atoms with van der Waals surface area (Å²) in [7, 11) is 0. The van der Waals surface area contributed by atoms with E-state index in [1.165, 1.54) is 16.0 Å². The van der Waals surface area contributed by atoms with Gasteiger partial charge in [-0.15, -0.1) is 11.3 Å². The first-order valence-electron chi connectivity index (χ1n) is 11.2. The second-order valence-corrected chi connectivity index (χ2v) is 9.99. The molecule has 1 aromatic carbocycles. The molecule has 0 unspecified atom stereocenters. The summed E-state index contributed by atoms with van der Waals surface area (Å²) < 4.78 is 0. The van der Waals surface area contributed by atoms with Crippen LogP contribution in [0.15, 0.2) is 35.7 Å². The quantitative estimate of drug-likeness (QED) is 0.681. The number of benzene rings is 1. The molecular formula is C25H32N2O2S. The molecule has 2 aromatic rings. The maximum Gasteiger partial charge on any atom is 0.243 e. The van der Waals surface area contributed by atoms with Crippen LogP contribution in [-0.2, 0) is 16.0 Å². The van der Waals surface area contributed by atoms with Crippen LogP contribution in [0.3, 0.4) is 0 Å². The number of aryl methyl sites for hydroxylation is 1. The third kappa shape index (κ3) is 4.18. The molecule has 30 heavy (non-hydrogen) atoms. The zero-order valence-electron chi connectivity index (χ0n) is 18.3. The number of rotatable bonds is 5. The van der Waals surface area contributed by atoms with Crippen LogP contribution in [0.1, 0.15) is 67.1 Å². The summed E-state index contributed by atoms with van der Waals surface area (Å²) in [4.78, 5) is 31.8. The predicted octanol–water partition coefficient (Wildman–Crippen LogP) is 4.96. The van der Waals surface area contributed by atoms with Gasteiger partial charge in [0.25, 0.3) is 0 Å². The fourth-order valence-electron chi connectivity index (χ4n) is 4.85. The van der Waals surface area contributed by atoms with Crippen molar-refractivity contribution < 1.29 is 9.59 Å². The molecule has 2 heterocycles. The van der Waals surface area contributed by atoms with E-state index in [2.05, 4.69) is 42.6 Å². The van der Waals surface area contributed by atoms with Crippen molar-refractivity contribution in [2.45, 2.75) is 65.0 Å². The maximum atomic E-state index is 13.6. The molecule has 0 spiro atoms. The van der Waals surface area contributed by atoms with Gasteiger partial charge in [-0.2, -0.15) is 0 Å². The standard InChI is InChI=1S/C25H32N2O2S/c1-17(2)27(25(29)20-6-4-5-7-20)16-23(28)26-14-12-22-21(13-15-30-22)24(26)19-10-8-18(3)9-11-19/h8-11,13,15,17,20,24H,4-7,12,14,16H2,1-3H3/t24-/m0/s1. The average Bonchev–Trinajstić information content (AvgIpc) is 3.43. The van der Waals surface area contributed by atoms with Crippen molar-refractivity contribution in [3.63, 3.8) is 0 Å². The van der Waals surface area contributed by atoms with Gasteiger partial charge in [0.05, 0.1) is 6.04 Å². The molecule has 4 rings (SSSR count). The smallest absolute Gasteiger partial charge is 0.243 e. The molecule has 1 atom stereocenters. The summed E-state index contributed by atoms with van der Waals surface area (Å²) in [6.07, 6.45) is 5.06. The Morgan fingerprint density at radius 2 is 1.83 bits per heavy atom. The molecule has 0 bridgehead atoms. The Morgan fingerprint density at radius 3 is 2.50 bits per heavy atom. The number of carbonyl (C=O) groups is 2. The molecule has 0 N–H and O–H groups in total. The van der Waals surface area contributed by atoms with Crippen LogP contribution < -0.4 is 0 Å². The molecule has 160 valence electrons. The third-order valence-corrected chi connectivity index (χ3v) is 7.59. The van der Waals surface area contributed by atoms with Crippen molar-refractivity contribution in [3.05, 3.63) is 57.3 Å². The molecule has 1 saturated carbocycles. The van der Waals surface area contributed by atoms with E-state index in [9.17, 15) is 9.59 Å². The van der Waals surface area contributed by atoms with E-state index in [-0.39, 0.29) is 36.4 Å². The summed E-state index contributed by atoms with van der Waals surface area (Å²) in [5.41, 5.74) is 3.60. The van der Waals surface area contributed by atoms with Crippen molar-refractivity contribution in [2.24, 2.45) is 5.92 Å². The summed E-state index contributed by atoms with van der Waals surface area (Å²) >= 11 is 1.78. The van der Waals surface area contributed by atoms with Crippen molar-refractivity contribution >= 4 is 23.2 Å². The second-order valence-electron chi connectivity index (χ2n) is 8.99. The largest absolute Gasteiger partial charge is 0.331 e. The lowest BCUT2D eigenvalue weighted by Gasteiger charge is -2.38. The highest BCUT2D eigenvalue weighted by molar-refractivity contribution is 7.10. The van der Waals surface area contributed by atoms with E-state index in [0.717, 1.165) is 37.7 Å². The molecule has 5 heteroatoms. The highest BCUT2D eigenvalue weighted by atomic mass is 32.1. The van der Waals surface area contributed by atoms with Crippen LogP contribution in [0.5, 0.6) is 0 Å². The molecule has 0 saturated heterocycles. The van der Waals surface area contributed by atoms with Gasteiger partial charge in [-0.1, -0.05) is 42.7 Å². The van der Waals surface area contributed by atoms with Crippen LogP contribution in [0.2, 0.25) is 0 Å². The van der Waals surface area contributed by atoms with Gasteiger partial charge in [0.15, 0.2) is 0 Å². The minimum absolute atomic E-state index is 0.0290. The zero-order chi connectivity index (χ0) is 21.3. The van der Waals surface area contributed by atoms with Gasteiger partial charge >= 0.3 is 0 Å². The van der Waals surface area contributed by atoms with Crippen molar-refractivity contribution in [1.82, 2.24) is 9.80 Å². The number of carbonyl (C=O) groups excluding carboxylic acids is 2. The van der Waals surface area contributed by atoms with Crippen LogP contribution in [0, 0.1) is 12.8 Å². The first-order chi connectivity index (χ1) is 14.5. The molecule has 4 nitrogen and oxygen atoms in total. The first-order valence-corrected chi connectivity index (χ1v) is 12.1.